The summed E-state index contributed by atoms with van der Waals surface area (Å²) in [7, 11) is 0. The van der Waals surface area contributed by atoms with Crippen molar-refractivity contribution in [3.8, 4) is 0 Å². The molecular weight excluding hydrogens is 250 g/mol. The molecule has 1 fully saturated rings. The van der Waals surface area contributed by atoms with Crippen molar-refractivity contribution in [1.82, 2.24) is 14.8 Å². The minimum atomic E-state index is -0.232. The Bertz CT molecular complexity index is 383. The Kier molecular flexibility index (Phi) is 5.95. The second kappa shape index (κ2) is 7.72. The number of piperazine rings is 1. The third-order valence-corrected chi connectivity index (χ3v) is 4.07. The van der Waals surface area contributed by atoms with Crippen molar-refractivity contribution in [2.45, 2.75) is 38.8 Å². The van der Waals surface area contributed by atoms with E-state index in [0.717, 1.165) is 45.6 Å². The van der Waals surface area contributed by atoms with E-state index in [4.69, 9.17) is 0 Å². The molecule has 1 aliphatic heterocycles. The summed E-state index contributed by atoms with van der Waals surface area (Å²) in [5.41, 5.74) is 1.17. The SMILES string of the molecule is CC[C@H]1CN(CCc2ccccn2)CCN1C[C@H](C)O. The lowest BCUT2D eigenvalue weighted by molar-refractivity contribution is 0.0370. The van der Waals surface area contributed by atoms with Crippen LogP contribution < -0.4 is 0 Å². The van der Waals surface area contributed by atoms with Crippen molar-refractivity contribution in [3.05, 3.63) is 30.1 Å². The minimum absolute atomic E-state index is 0.232. The predicted molar refractivity (Wildman–Crippen MR) is 81.7 cm³/mol. The first-order chi connectivity index (χ1) is 9.69. The van der Waals surface area contributed by atoms with Gasteiger partial charge in [0.15, 0.2) is 0 Å². The van der Waals surface area contributed by atoms with Crippen LogP contribution in [-0.4, -0.2) is 64.8 Å². The van der Waals surface area contributed by atoms with Crippen molar-refractivity contribution in [3.63, 3.8) is 0 Å². The lowest BCUT2D eigenvalue weighted by atomic mass is 10.1. The van der Waals surface area contributed by atoms with E-state index >= 15 is 0 Å². The first-order valence-electron chi connectivity index (χ1n) is 7.73. The van der Waals surface area contributed by atoms with Crippen molar-refractivity contribution >= 4 is 0 Å². The molecule has 4 nitrogen and oxygen atoms in total. The van der Waals surface area contributed by atoms with E-state index in [1.54, 1.807) is 0 Å². The number of hydrogen-bond acceptors (Lipinski definition) is 4. The molecule has 20 heavy (non-hydrogen) atoms. The Labute approximate surface area is 122 Å². The van der Waals surface area contributed by atoms with Crippen LogP contribution >= 0.6 is 0 Å². The molecule has 1 aliphatic rings. The molecule has 0 amide bonds. The highest BCUT2D eigenvalue weighted by Gasteiger charge is 2.25. The van der Waals surface area contributed by atoms with Crippen LogP contribution in [0.4, 0.5) is 0 Å². The molecule has 0 aromatic carbocycles. The van der Waals surface area contributed by atoms with Crippen LogP contribution in [0.2, 0.25) is 0 Å². The molecule has 1 aromatic rings. The molecule has 1 aromatic heterocycles. The Hall–Kier alpha value is -0.970. The monoisotopic (exact) mass is 277 g/mol. The van der Waals surface area contributed by atoms with Gasteiger partial charge in [0.05, 0.1) is 6.10 Å². The first-order valence-corrected chi connectivity index (χ1v) is 7.73. The number of aliphatic hydroxyl groups excluding tert-OH is 1. The summed E-state index contributed by atoms with van der Waals surface area (Å²) in [5, 5.41) is 9.57. The van der Waals surface area contributed by atoms with Gasteiger partial charge in [0.2, 0.25) is 0 Å². The number of pyridine rings is 1. The number of rotatable bonds is 6. The van der Waals surface area contributed by atoms with Gasteiger partial charge in [-0.1, -0.05) is 13.0 Å². The zero-order chi connectivity index (χ0) is 14.4. The van der Waals surface area contributed by atoms with Gasteiger partial charge >= 0.3 is 0 Å². The van der Waals surface area contributed by atoms with Crippen LogP contribution in [0.15, 0.2) is 24.4 Å². The number of aromatic nitrogens is 1. The summed E-state index contributed by atoms with van der Waals surface area (Å²) in [5.74, 6) is 0. The summed E-state index contributed by atoms with van der Waals surface area (Å²) in [6.07, 6.45) is 3.80. The van der Waals surface area contributed by atoms with Gasteiger partial charge in [0, 0.05) is 57.1 Å². The zero-order valence-corrected chi connectivity index (χ0v) is 12.7. The molecule has 0 aliphatic carbocycles. The quantitative estimate of drug-likeness (QED) is 0.853. The fourth-order valence-corrected chi connectivity index (χ4v) is 2.95. The van der Waals surface area contributed by atoms with E-state index in [1.165, 1.54) is 5.69 Å². The van der Waals surface area contributed by atoms with E-state index in [-0.39, 0.29) is 6.10 Å². The number of hydrogen-bond donors (Lipinski definition) is 1. The predicted octanol–water partition coefficient (Wildman–Crippen LogP) is 1.40. The zero-order valence-electron chi connectivity index (χ0n) is 12.7. The molecular formula is C16H27N3O. The minimum Gasteiger partial charge on any atom is -0.392 e. The Balaban J connectivity index is 1.81. The number of nitrogens with zero attached hydrogens (tertiary/aromatic N) is 3. The summed E-state index contributed by atoms with van der Waals surface area (Å²) in [6, 6.07) is 6.69. The lowest BCUT2D eigenvalue weighted by Gasteiger charge is -2.41. The first kappa shape index (κ1) is 15.4. The van der Waals surface area contributed by atoms with E-state index in [9.17, 15) is 5.11 Å². The van der Waals surface area contributed by atoms with Crippen LogP contribution in [0.3, 0.4) is 0 Å². The van der Waals surface area contributed by atoms with E-state index < -0.39 is 0 Å². The summed E-state index contributed by atoms with van der Waals surface area (Å²) < 4.78 is 0. The van der Waals surface area contributed by atoms with Gasteiger partial charge in [0.1, 0.15) is 0 Å². The largest absolute Gasteiger partial charge is 0.392 e. The van der Waals surface area contributed by atoms with Gasteiger partial charge in [-0.3, -0.25) is 9.88 Å². The molecule has 112 valence electrons. The van der Waals surface area contributed by atoms with Crippen LogP contribution in [-0.2, 0) is 6.42 Å². The lowest BCUT2D eigenvalue weighted by Crippen LogP contribution is -2.54. The van der Waals surface area contributed by atoms with Gasteiger partial charge in [-0.15, -0.1) is 0 Å². The summed E-state index contributed by atoms with van der Waals surface area (Å²) in [4.78, 5) is 9.35. The average Bonchev–Trinajstić information content (AvgIpc) is 2.46. The van der Waals surface area contributed by atoms with Crippen molar-refractivity contribution in [2.75, 3.05) is 32.7 Å². The Morgan fingerprint density at radius 3 is 2.90 bits per heavy atom. The second-order valence-corrected chi connectivity index (χ2v) is 5.78. The second-order valence-electron chi connectivity index (χ2n) is 5.78. The molecule has 1 N–H and O–H groups in total. The van der Waals surface area contributed by atoms with Crippen molar-refractivity contribution < 1.29 is 5.11 Å². The van der Waals surface area contributed by atoms with Crippen LogP contribution in [0.25, 0.3) is 0 Å². The molecule has 0 saturated carbocycles. The smallest absolute Gasteiger partial charge is 0.0639 e. The maximum absolute atomic E-state index is 9.57. The fraction of sp³-hybridized carbons (Fsp3) is 0.688. The van der Waals surface area contributed by atoms with Crippen molar-refractivity contribution in [2.24, 2.45) is 0 Å². The van der Waals surface area contributed by atoms with Crippen LogP contribution in [0.5, 0.6) is 0 Å². The van der Waals surface area contributed by atoms with Gasteiger partial charge in [-0.25, -0.2) is 0 Å². The number of β-amino-alcohol motifs (C(OH)–C–C–N with tert-alkyl or cyclic N) is 1. The van der Waals surface area contributed by atoms with E-state index in [2.05, 4.69) is 33.8 Å². The molecule has 2 heterocycles. The maximum Gasteiger partial charge on any atom is 0.0639 e. The third-order valence-electron chi connectivity index (χ3n) is 4.07. The van der Waals surface area contributed by atoms with Crippen molar-refractivity contribution in [1.29, 1.82) is 0 Å². The van der Waals surface area contributed by atoms with Gasteiger partial charge < -0.3 is 10.0 Å². The standard InChI is InChI=1S/C16H27N3O/c1-3-16-13-18(10-11-19(16)12-14(2)20)9-7-15-6-4-5-8-17-15/h4-6,8,14,16,20H,3,7,9-13H2,1-2H3/t14-,16-/m0/s1. The van der Waals surface area contributed by atoms with E-state index in [0.29, 0.717) is 6.04 Å². The molecule has 1 saturated heterocycles. The molecule has 4 heteroatoms. The van der Waals surface area contributed by atoms with Gasteiger partial charge in [-0.05, 0) is 25.5 Å². The Morgan fingerprint density at radius 1 is 1.40 bits per heavy atom. The van der Waals surface area contributed by atoms with Crippen LogP contribution in [0.1, 0.15) is 26.0 Å². The number of aliphatic hydroxyl groups is 1. The molecule has 0 spiro atoms. The molecule has 0 bridgehead atoms. The summed E-state index contributed by atoms with van der Waals surface area (Å²) in [6.45, 7) is 9.25. The fourth-order valence-electron chi connectivity index (χ4n) is 2.95. The highest BCUT2D eigenvalue weighted by Crippen LogP contribution is 2.13. The molecule has 2 atom stereocenters. The third kappa shape index (κ3) is 4.54. The van der Waals surface area contributed by atoms with E-state index in [1.807, 2.05) is 19.2 Å². The Morgan fingerprint density at radius 2 is 2.25 bits per heavy atom. The highest BCUT2D eigenvalue weighted by atomic mass is 16.3. The highest BCUT2D eigenvalue weighted by molar-refractivity contribution is 5.03. The molecule has 2 rings (SSSR count). The average molecular weight is 277 g/mol. The summed E-state index contributed by atoms with van der Waals surface area (Å²) >= 11 is 0. The topological polar surface area (TPSA) is 39.6 Å². The van der Waals surface area contributed by atoms with Gasteiger partial charge in [0.25, 0.3) is 0 Å². The molecule has 0 radical (unpaired) electrons. The molecule has 0 unspecified atom stereocenters. The van der Waals surface area contributed by atoms with Gasteiger partial charge in [-0.2, -0.15) is 0 Å². The normalized spacial score (nSPS) is 22.9. The maximum atomic E-state index is 9.57. The van der Waals surface area contributed by atoms with Crippen LogP contribution in [0, 0.1) is 0 Å².